The van der Waals surface area contributed by atoms with E-state index in [1.807, 2.05) is 0 Å². The summed E-state index contributed by atoms with van der Waals surface area (Å²) in [6.45, 7) is -0.709. The molecule has 1 fully saturated rings. The Morgan fingerprint density at radius 3 is 2.21 bits per heavy atom. The van der Waals surface area contributed by atoms with Crippen LogP contribution < -0.4 is 10.6 Å². The minimum atomic E-state index is -5.29. The molecule has 1 saturated heterocycles. The first-order valence-corrected chi connectivity index (χ1v) is 8.31. The fraction of sp³-hybridized carbons (Fsp3) is 0.909. The first-order chi connectivity index (χ1) is 10.6. The summed E-state index contributed by atoms with van der Waals surface area (Å²) in [5, 5.41) is 5.19. The van der Waals surface area contributed by atoms with Crippen molar-refractivity contribution in [2.75, 3.05) is 33.2 Å². The van der Waals surface area contributed by atoms with Gasteiger partial charge in [-0.25, -0.2) is 17.2 Å². The van der Waals surface area contributed by atoms with Crippen molar-refractivity contribution < 1.29 is 30.4 Å². The van der Waals surface area contributed by atoms with Crippen molar-refractivity contribution >= 4 is 40.0 Å². The fourth-order valence-electron chi connectivity index (χ4n) is 2.14. The number of hydrogen-bond donors (Lipinski definition) is 2. The van der Waals surface area contributed by atoms with Crippen molar-refractivity contribution in [3.05, 3.63) is 0 Å². The average molecular weight is 494 g/mol. The third-order valence-corrected chi connectivity index (χ3v) is 5.04. The van der Waals surface area contributed by atoms with Crippen LogP contribution in [0, 0.1) is 5.92 Å². The Kier molecular flexibility index (Phi) is 9.71. The van der Waals surface area contributed by atoms with Gasteiger partial charge >= 0.3 is 15.5 Å². The Hall–Kier alpha value is -0.440. The summed E-state index contributed by atoms with van der Waals surface area (Å²) < 4.78 is 84.4. The summed E-state index contributed by atoms with van der Waals surface area (Å²) in [5.74, 6) is 0.0930. The van der Waals surface area contributed by atoms with Crippen molar-refractivity contribution in [3.8, 4) is 0 Å². The van der Waals surface area contributed by atoms with Crippen LogP contribution in [-0.4, -0.2) is 63.8 Å². The zero-order valence-corrected chi connectivity index (χ0v) is 16.0. The molecule has 0 saturated carbocycles. The zero-order valence-electron chi connectivity index (χ0n) is 12.8. The van der Waals surface area contributed by atoms with Crippen molar-refractivity contribution in [2.45, 2.75) is 24.8 Å². The average Bonchev–Trinajstić information content (AvgIpc) is 2.46. The van der Waals surface area contributed by atoms with E-state index in [0.717, 1.165) is 0 Å². The Morgan fingerprint density at radius 1 is 1.25 bits per heavy atom. The Labute approximate surface area is 154 Å². The van der Waals surface area contributed by atoms with Crippen LogP contribution in [0.1, 0.15) is 12.8 Å². The molecule has 0 bridgehead atoms. The molecule has 1 heterocycles. The van der Waals surface area contributed by atoms with E-state index in [2.05, 4.69) is 15.6 Å². The molecule has 0 spiro atoms. The molecular weight excluding hydrogens is 474 g/mol. The molecule has 1 rings (SSSR count). The van der Waals surface area contributed by atoms with Gasteiger partial charge in [-0.2, -0.15) is 17.5 Å². The van der Waals surface area contributed by atoms with E-state index in [1.165, 1.54) is 7.05 Å². The van der Waals surface area contributed by atoms with Crippen LogP contribution >= 0.6 is 24.0 Å². The SMILES string of the molecule is CN=C(NCC(F)F)NCC1CCN(S(=O)(=O)C(F)(F)F)CC1.I. The molecule has 0 aromatic rings. The van der Waals surface area contributed by atoms with Gasteiger partial charge in [0, 0.05) is 26.7 Å². The van der Waals surface area contributed by atoms with Gasteiger partial charge in [0.1, 0.15) is 0 Å². The number of alkyl halides is 5. The maximum absolute atomic E-state index is 12.4. The van der Waals surface area contributed by atoms with Gasteiger partial charge in [0.25, 0.3) is 6.43 Å². The Morgan fingerprint density at radius 2 is 1.79 bits per heavy atom. The van der Waals surface area contributed by atoms with E-state index in [1.54, 1.807) is 0 Å². The number of aliphatic imine (C=N–C) groups is 1. The summed E-state index contributed by atoms with van der Waals surface area (Å²) in [6.07, 6.45) is -2.05. The maximum atomic E-state index is 12.4. The molecule has 0 aromatic carbocycles. The van der Waals surface area contributed by atoms with E-state index in [4.69, 9.17) is 0 Å². The molecule has 0 unspecified atom stereocenters. The summed E-state index contributed by atoms with van der Waals surface area (Å²) in [5.41, 5.74) is -5.29. The molecule has 1 aliphatic rings. The second-order valence-electron chi connectivity index (χ2n) is 5.02. The number of nitrogens with zero attached hydrogens (tertiary/aromatic N) is 2. The molecule has 0 aromatic heterocycles. The molecular formula is C11H20F5IN4O2S. The quantitative estimate of drug-likeness (QED) is 0.264. The van der Waals surface area contributed by atoms with E-state index >= 15 is 0 Å². The van der Waals surface area contributed by atoms with E-state index < -0.39 is 28.5 Å². The molecule has 0 atom stereocenters. The number of sulfonamides is 1. The lowest BCUT2D eigenvalue weighted by molar-refractivity contribution is -0.0496. The zero-order chi connectivity index (χ0) is 17.7. The smallest absolute Gasteiger partial charge is 0.356 e. The van der Waals surface area contributed by atoms with Gasteiger partial charge in [-0.1, -0.05) is 0 Å². The number of hydrogen-bond acceptors (Lipinski definition) is 3. The third kappa shape index (κ3) is 6.82. The summed E-state index contributed by atoms with van der Waals surface area (Å²) in [7, 11) is -3.88. The van der Waals surface area contributed by atoms with Crippen LogP contribution in [0.5, 0.6) is 0 Å². The highest BCUT2D eigenvalue weighted by Crippen LogP contribution is 2.30. The molecule has 24 heavy (non-hydrogen) atoms. The lowest BCUT2D eigenvalue weighted by Crippen LogP contribution is -2.47. The van der Waals surface area contributed by atoms with Gasteiger partial charge in [-0.15, -0.1) is 24.0 Å². The monoisotopic (exact) mass is 494 g/mol. The topological polar surface area (TPSA) is 73.8 Å². The first-order valence-electron chi connectivity index (χ1n) is 6.87. The minimum absolute atomic E-state index is 0. The van der Waals surface area contributed by atoms with Gasteiger partial charge in [-0.3, -0.25) is 4.99 Å². The molecule has 1 aliphatic heterocycles. The van der Waals surface area contributed by atoms with Crippen LogP contribution in [0.25, 0.3) is 0 Å². The third-order valence-electron chi connectivity index (χ3n) is 3.41. The number of guanidine groups is 1. The lowest BCUT2D eigenvalue weighted by atomic mass is 9.98. The predicted octanol–water partition coefficient (Wildman–Crippen LogP) is 1.60. The van der Waals surface area contributed by atoms with Gasteiger partial charge in [0.05, 0.1) is 6.54 Å². The van der Waals surface area contributed by atoms with Crippen molar-refractivity contribution in [1.82, 2.24) is 14.9 Å². The van der Waals surface area contributed by atoms with Gasteiger partial charge < -0.3 is 10.6 Å². The lowest BCUT2D eigenvalue weighted by Gasteiger charge is -2.31. The molecule has 2 N–H and O–H groups in total. The van der Waals surface area contributed by atoms with Crippen LogP contribution in [0.3, 0.4) is 0 Å². The van der Waals surface area contributed by atoms with Crippen LogP contribution in [0.2, 0.25) is 0 Å². The molecule has 0 aliphatic carbocycles. The number of halogens is 6. The van der Waals surface area contributed by atoms with Crippen LogP contribution in [-0.2, 0) is 10.0 Å². The summed E-state index contributed by atoms with van der Waals surface area (Å²) in [4.78, 5) is 3.74. The summed E-state index contributed by atoms with van der Waals surface area (Å²) >= 11 is 0. The second-order valence-corrected chi connectivity index (χ2v) is 6.95. The van der Waals surface area contributed by atoms with Crippen LogP contribution in [0.4, 0.5) is 22.0 Å². The Balaban J connectivity index is 0.00000529. The number of rotatable bonds is 5. The molecule has 13 heteroatoms. The molecule has 0 amide bonds. The molecule has 144 valence electrons. The van der Waals surface area contributed by atoms with Crippen molar-refractivity contribution in [2.24, 2.45) is 10.9 Å². The number of piperidine rings is 1. The first kappa shape index (κ1) is 23.6. The predicted molar refractivity (Wildman–Crippen MR) is 90.1 cm³/mol. The van der Waals surface area contributed by atoms with E-state index in [-0.39, 0.29) is 61.8 Å². The van der Waals surface area contributed by atoms with Gasteiger partial charge in [0.15, 0.2) is 5.96 Å². The van der Waals surface area contributed by atoms with E-state index in [9.17, 15) is 30.4 Å². The Bertz CT molecular complexity index is 507. The van der Waals surface area contributed by atoms with Gasteiger partial charge in [0.2, 0.25) is 0 Å². The fourth-order valence-corrected chi connectivity index (χ4v) is 3.12. The highest BCUT2D eigenvalue weighted by molar-refractivity contribution is 14.0. The maximum Gasteiger partial charge on any atom is 0.511 e. The van der Waals surface area contributed by atoms with Crippen molar-refractivity contribution in [3.63, 3.8) is 0 Å². The molecule has 0 radical (unpaired) electrons. The normalized spacial score (nSPS) is 18.4. The second kappa shape index (κ2) is 9.89. The summed E-state index contributed by atoms with van der Waals surface area (Å²) in [6, 6.07) is 0. The number of nitrogens with one attached hydrogen (secondary N) is 2. The largest absolute Gasteiger partial charge is 0.511 e. The minimum Gasteiger partial charge on any atom is -0.356 e. The van der Waals surface area contributed by atoms with Crippen LogP contribution in [0.15, 0.2) is 4.99 Å². The highest BCUT2D eigenvalue weighted by Gasteiger charge is 2.50. The van der Waals surface area contributed by atoms with Gasteiger partial charge in [-0.05, 0) is 18.8 Å². The van der Waals surface area contributed by atoms with Crippen molar-refractivity contribution in [1.29, 1.82) is 0 Å². The van der Waals surface area contributed by atoms with E-state index in [0.29, 0.717) is 10.8 Å². The standard InChI is InChI=1S/C11H19F5N4O2S.HI/c1-17-10(19-7-9(12)13)18-6-8-2-4-20(5-3-8)23(21,22)11(14,15)16;/h8-9H,2-7H2,1H3,(H2,17,18,19);1H. The highest BCUT2D eigenvalue weighted by atomic mass is 127. The molecule has 6 nitrogen and oxygen atoms in total.